The van der Waals surface area contributed by atoms with E-state index in [-0.39, 0.29) is 23.7 Å². The van der Waals surface area contributed by atoms with Crippen LogP contribution in [0.15, 0.2) is 52.6 Å². The molecule has 0 aliphatic carbocycles. The van der Waals surface area contributed by atoms with E-state index in [4.69, 9.17) is 9.98 Å². The third-order valence-corrected chi connectivity index (χ3v) is 8.27. The van der Waals surface area contributed by atoms with Gasteiger partial charge in [0, 0.05) is 43.5 Å². The zero-order valence-corrected chi connectivity index (χ0v) is 22.5. The number of fused-ring (bicyclic) bond motifs is 2. The molecule has 0 saturated carbocycles. The van der Waals surface area contributed by atoms with Crippen molar-refractivity contribution in [2.45, 2.75) is 52.1 Å². The highest BCUT2D eigenvalue weighted by molar-refractivity contribution is 6.28. The van der Waals surface area contributed by atoms with Crippen molar-refractivity contribution in [3.8, 4) is 0 Å². The van der Waals surface area contributed by atoms with Crippen LogP contribution < -0.4 is 5.32 Å². The summed E-state index contributed by atoms with van der Waals surface area (Å²) in [4.78, 5) is 40.3. The van der Waals surface area contributed by atoms with E-state index in [1.165, 1.54) is 18.9 Å². The maximum atomic E-state index is 13.8. The summed E-state index contributed by atoms with van der Waals surface area (Å²) in [6.45, 7) is 8.46. The van der Waals surface area contributed by atoms with Gasteiger partial charge in [0.1, 0.15) is 11.7 Å². The number of hydrogen-bond donors (Lipinski definition) is 1. The second kappa shape index (κ2) is 10.5. The number of rotatable bonds is 7. The minimum Gasteiger partial charge on any atom is -0.333 e. The summed E-state index contributed by atoms with van der Waals surface area (Å²) in [5, 5.41) is 2.80. The van der Waals surface area contributed by atoms with Gasteiger partial charge in [0.25, 0.3) is 5.91 Å². The number of amides is 2. The lowest BCUT2D eigenvalue weighted by atomic mass is 9.90. The smallest absolute Gasteiger partial charge is 0.254 e. The fourth-order valence-electron chi connectivity index (χ4n) is 6.15. The number of hydrogen-bond acceptors (Lipinski definition) is 5. The lowest BCUT2D eigenvalue weighted by Gasteiger charge is -2.21. The molecule has 4 heterocycles. The molecule has 2 amide bonds. The average Bonchev–Trinajstić information content (AvgIpc) is 3.63. The molecule has 2 atom stereocenters. The first-order chi connectivity index (χ1) is 18.9. The van der Waals surface area contributed by atoms with Gasteiger partial charge in [-0.15, -0.1) is 0 Å². The molecule has 2 aromatic rings. The molecule has 0 bridgehead atoms. The third kappa shape index (κ3) is 5.17. The molecular formula is C31H34FN5O2. The maximum Gasteiger partial charge on any atom is 0.254 e. The Morgan fingerprint density at radius 2 is 1.95 bits per heavy atom. The van der Waals surface area contributed by atoms with Crippen LogP contribution in [0.25, 0.3) is 0 Å². The van der Waals surface area contributed by atoms with Crippen LogP contribution in [0, 0.1) is 18.7 Å². The van der Waals surface area contributed by atoms with Crippen LogP contribution in [-0.2, 0) is 24.2 Å². The summed E-state index contributed by atoms with van der Waals surface area (Å²) in [5.41, 5.74) is 6.90. The highest BCUT2D eigenvalue weighted by Crippen LogP contribution is 2.36. The molecule has 1 saturated heterocycles. The Morgan fingerprint density at radius 3 is 2.77 bits per heavy atom. The maximum absolute atomic E-state index is 13.8. The summed E-state index contributed by atoms with van der Waals surface area (Å²) in [5.74, 6) is -0.930. The van der Waals surface area contributed by atoms with E-state index in [9.17, 15) is 14.0 Å². The van der Waals surface area contributed by atoms with Crippen LogP contribution in [0.1, 0.15) is 52.4 Å². The Hall–Kier alpha value is -3.65. The molecule has 1 N–H and O–H groups in total. The Morgan fingerprint density at radius 1 is 1.13 bits per heavy atom. The van der Waals surface area contributed by atoms with Crippen molar-refractivity contribution in [3.05, 3.63) is 76.2 Å². The molecule has 1 unspecified atom stereocenters. The first kappa shape index (κ1) is 25.6. The molecule has 0 radical (unpaired) electrons. The Kier molecular flexibility index (Phi) is 6.89. The molecule has 0 spiro atoms. The molecule has 6 rings (SSSR count). The molecule has 4 aliphatic rings. The molecule has 4 aliphatic heterocycles. The molecule has 1 fully saturated rings. The number of nitrogens with one attached hydrogen (secondary N) is 1. The Balaban J connectivity index is 1.19. The van der Waals surface area contributed by atoms with E-state index in [1.54, 1.807) is 18.3 Å². The van der Waals surface area contributed by atoms with Crippen LogP contribution in [0.3, 0.4) is 0 Å². The second-order valence-corrected chi connectivity index (χ2v) is 11.1. The number of aliphatic imine (C=N–C) groups is 2. The summed E-state index contributed by atoms with van der Waals surface area (Å²) in [7, 11) is 0. The Labute approximate surface area is 228 Å². The van der Waals surface area contributed by atoms with Crippen molar-refractivity contribution >= 4 is 28.9 Å². The highest BCUT2D eigenvalue weighted by atomic mass is 19.1. The summed E-state index contributed by atoms with van der Waals surface area (Å²) < 4.78 is 13.8. The van der Waals surface area contributed by atoms with E-state index in [2.05, 4.69) is 10.2 Å². The van der Waals surface area contributed by atoms with Gasteiger partial charge >= 0.3 is 0 Å². The standard InChI is InChI=1S/C31H34FN5O2/c1-19-5-6-24(32)14-21(19)13-20(2)34-26-7-8-33-30(38)29(26)28-16-22-15-25-23(17-27(22)35-28)18-37(31(25)39)12-11-36-9-3-4-10-36/h5-8,14-15,17,20,29H,3-4,9-13,16,18H2,1-2H3,(H,33,38)/t20-,29?/m0/s1. The average molecular weight is 528 g/mol. The number of aryl methyl sites for hydroxylation is 1. The number of carbonyl (C=O) groups excluding carboxylic acids is 2. The van der Waals surface area contributed by atoms with Gasteiger partial charge in [-0.2, -0.15) is 0 Å². The normalized spacial score (nSPS) is 22.3. The lowest BCUT2D eigenvalue weighted by Crippen LogP contribution is -2.41. The summed E-state index contributed by atoms with van der Waals surface area (Å²) in [6, 6.07) is 8.65. The van der Waals surface area contributed by atoms with Gasteiger partial charge in [0.05, 0.1) is 17.4 Å². The summed E-state index contributed by atoms with van der Waals surface area (Å²) >= 11 is 0. The Bertz CT molecular complexity index is 1420. The number of allylic oxidation sites excluding steroid dienone is 1. The van der Waals surface area contributed by atoms with E-state index < -0.39 is 5.92 Å². The SMILES string of the molecule is Cc1ccc(F)cc1C[C@H](C)N=C1C=CNC(=O)C1C1=Nc2cc3c(cc2C1)C(=O)N(CCN1CCCC1)C3. The molecule has 7 nitrogen and oxygen atoms in total. The van der Waals surface area contributed by atoms with Crippen molar-refractivity contribution in [2.75, 3.05) is 26.2 Å². The fraction of sp³-hybridized carbons (Fsp3) is 0.419. The summed E-state index contributed by atoms with van der Waals surface area (Å²) in [6.07, 6.45) is 7.01. The van der Waals surface area contributed by atoms with Crippen LogP contribution >= 0.6 is 0 Å². The number of likely N-dealkylation sites (tertiary alicyclic amines) is 1. The third-order valence-electron chi connectivity index (χ3n) is 8.27. The number of carbonyl (C=O) groups is 2. The van der Waals surface area contributed by atoms with Gasteiger partial charge in [-0.3, -0.25) is 19.6 Å². The van der Waals surface area contributed by atoms with Gasteiger partial charge in [-0.05, 0) is 98.8 Å². The van der Waals surface area contributed by atoms with Gasteiger partial charge in [0.2, 0.25) is 5.91 Å². The fourth-order valence-corrected chi connectivity index (χ4v) is 6.15. The van der Waals surface area contributed by atoms with Gasteiger partial charge < -0.3 is 15.1 Å². The van der Waals surface area contributed by atoms with Crippen molar-refractivity contribution in [3.63, 3.8) is 0 Å². The quantitative estimate of drug-likeness (QED) is 0.588. The van der Waals surface area contributed by atoms with Crippen LogP contribution in [0.4, 0.5) is 10.1 Å². The molecule has 39 heavy (non-hydrogen) atoms. The molecule has 2 aromatic carbocycles. The lowest BCUT2D eigenvalue weighted by molar-refractivity contribution is -0.120. The van der Waals surface area contributed by atoms with Gasteiger partial charge in [-0.1, -0.05) is 6.07 Å². The predicted octanol–water partition coefficient (Wildman–Crippen LogP) is 4.15. The first-order valence-corrected chi connectivity index (χ1v) is 13.9. The number of benzene rings is 2. The monoisotopic (exact) mass is 527 g/mol. The van der Waals surface area contributed by atoms with E-state index in [1.807, 2.05) is 37.0 Å². The zero-order valence-electron chi connectivity index (χ0n) is 22.5. The van der Waals surface area contributed by atoms with Crippen molar-refractivity contribution in [1.29, 1.82) is 0 Å². The number of halogens is 1. The van der Waals surface area contributed by atoms with Gasteiger partial charge in [0.15, 0.2) is 0 Å². The predicted molar refractivity (Wildman–Crippen MR) is 150 cm³/mol. The zero-order chi connectivity index (χ0) is 27.1. The van der Waals surface area contributed by atoms with Gasteiger partial charge in [-0.25, -0.2) is 4.39 Å². The largest absolute Gasteiger partial charge is 0.333 e. The van der Waals surface area contributed by atoms with E-state index in [0.717, 1.165) is 65.4 Å². The molecule has 0 aromatic heterocycles. The highest BCUT2D eigenvalue weighted by Gasteiger charge is 2.36. The van der Waals surface area contributed by atoms with Crippen LogP contribution in [-0.4, -0.2) is 65.3 Å². The number of nitrogens with zero attached hydrogens (tertiary/aromatic N) is 4. The second-order valence-electron chi connectivity index (χ2n) is 11.1. The first-order valence-electron chi connectivity index (χ1n) is 13.9. The van der Waals surface area contributed by atoms with Crippen LogP contribution in [0.5, 0.6) is 0 Å². The van der Waals surface area contributed by atoms with E-state index >= 15 is 0 Å². The van der Waals surface area contributed by atoms with Crippen molar-refractivity contribution in [1.82, 2.24) is 15.1 Å². The minimum absolute atomic E-state index is 0.0857. The van der Waals surface area contributed by atoms with E-state index in [0.29, 0.717) is 25.1 Å². The topological polar surface area (TPSA) is 77.4 Å². The van der Waals surface area contributed by atoms with Crippen LogP contribution in [0.2, 0.25) is 0 Å². The molecular weight excluding hydrogens is 493 g/mol. The minimum atomic E-state index is -0.596. The van der Waals surface area contributed by atoms with Crippen molar-refractivity contribution in [2.24, 2.45) is 15.9 Å². The molecule has 202 valence electrons. The van der Waals surface area contributed by atoms with Crippen molar-refractivity contribution < 1.29 is 14.0 Å². The molecule has 8 heteroatoms.